The molecule has 3 rings (SSSR count). The number of piperazine rings is 1. The summed E-state index contributed by atoms with van der Waals surface area (Å²) >= 11 is 5.83. The molecule has 7 heteroatoms. The molecule has 1 heterocycles. The Hall–Kier alpha value is -1.76. The maximum Gasteiger partial charge on any atom is 0.417 e. The minimum Gasteiger partial charge on any atom is -0.494 e. The van der Waals surface area contributed by atoms with Crippen LogP contribution in [0, 0.1) is 0 Å². The van der Waals surface area contributed by atoms with E-state index in [1.165, 1.54) is 6.07 Å². The Morgan fingerprint density at radius 2 is 1.85 bits per heavy atom. The van der Waals surface area contributed by atoms with Crippen molar-refractivity contribution in [2.75, 3.05) is 32.8 Å². The molecule has 0 aliphatic carbocycles. The Morgan fingerprint density at radius 3 is 2.52 bits per heavy atom. The molecule has 27 heavy (non-hydrogen) atoms. The maximum absolute atomic E-state index is 13.4. The maximum atomic E-state index is 13.4. The summed E-state index contributed by atoms with van der Waals surface area (Å²) < 4.78 is 46.0. The molecule has 1 aliphatic rings. The van der Waals surface area contributed by atoms with Gasteiger partial charge in [-0.2, -0.15) is 13.2 Å². The number of hydrogen-bond donors (Lipinski definition) is 1. The highest BCUT2D eigenvalue weighted by Gasteiger charge is 2.35. The highest BCUT2D eigenvalue weighted by molar-refractivity contribution is 6.31. The standard InChI is InChI=1S/C20H22ClF3N2O/c1-2-27-18-6-4-3-5-15(18)19(26-11-9-25-10-12-26)14-7-8-17(21)16(13-14)20(22,23)24/h3-8,13,19,25H,2,9-12H2,1H3. The van der Waals surface area contributed by atoms with Crippen LogP contribution in [0.2, 0.25) is 5.02 Å². The molecule has 1 saturated heterocycles. The summed E-state index contributed by atoms with van der Waals surface area (Å²) in [4.78, 5) is 2.18. The minimum atomic E-state index is -4.50. The Labute approximate surface area is 162 Å². The number of alkyl halides is 3. The van der Waals surface area contributed by atoms with Crippen molar-refractivity contribution in [3.05, 3.63) is 64.2 Å². The second-order valence-corrected chi connectivity index (χ2v) is 6.80. The van der Waals surface area contributed by atoms with Crippen LogP contribution in [0.25, 0.3) is 0 Å². The van der Waals surface area contributed by atoms with Crippen molar-refractivity contribution in [2.24, 2.45) is 0 Å². The molecule has 3 nitrogen and oxygen atoms in total. The lowest BCUT2D eigenvalue weighted by Crippen LogP contribution is -2.45. The molecule has 1 unspecified atom stereocenters. The summed E-state index contributed by atoms with van der Waals surface area (Å²) in [7, 11) is 0. The molecule has 1 fully saturated rings. The van der Waals surface area contributed by atoms with Gasteiger partial charge in [0.25, 0.3) is 0 Å². The second-order valence-electron chi connectivity index (χ2n) is 6.40. The fourth-order valence-electron chi connectivity index (χ4n) is 3.45. The van der Waals surface area contributed by atoms with E-state index in [0.717, 1.165) is 37.8 Å². The second kappa shape index (κ2) is 8.50. The van der Waals surface area contributed by atoms with E-state index in [0.29, 0.717) is 17.9 Å². The van der Waals surface area contributed by atoms with Gasteiger partial charge in [0.1, 0.15) is 5.75 Å². The predicted molar refractivity (Wildman–Crippen MR) is 100 cm³/mol. The van der Waals surface area contributed by atoms with Gasteiger partial charge in [-0.25, -0.2) is 0 Å². The number of benzene rings is 2. The lowest BCUT2D eigenvalue weighted by molar-refractivity contribution is -0.137. The van der Waals surface area contributed by atoms with Crippen LogP contribution < -0.4 is 10.1 Å². The first-order chi connectivity index (χ1) is 12.9. The average Bonchev–Trinajstić information content (AvgIpc) is 2.65. The largest absolute Gasteiger partial charge is 0.494 e. The van der Waals surface area contributed by atoms with Gasteiger partial charge in [0, 0.05) is 31.7 Å². The highest BCUT2D eigenvalue weighted by Crippen LogP contribution is 2.40. The molecule has 0 aromatic heterocycles. The predicted octanol–water partition coefficient (Wildman–Crippen LogP) is 4.75. The van der Waals surface area contributed by atoms with E-state index in [2.05, 4.69) is 10.2 Å². The molecule has 2 aromatic carbocycles. The summed E-state index contributed by atoms with van der Waals surface area (Å²) in [6.07, 6.45) is -4.50. The molecule has 0 saturated carbocycles. The molecule has 0 bridgehead atoms. The minimum absolute atomic E-state index is 0.289. The first kappa shape index (κ1) is 20.0. The molecule has 2 aromatic rings. The van der Waals surface area contributed by atoms with E-state index in [1.807, 2.05) is 31.2 Å². The number of ether oxygens (including phenoxy) is 1. The monoisotopic (exact) mass is 398 g/mol. The SMILES string of the molecule is CCOc1ccccc1C(c1ccc(Cl)c(C(F)(F)F)c1)N1CCNCC1. The van der Waals surface area contributed by atoms with Crippen molar-refractivity contribution in [2.45, 2.75) is 19.1 Å². The molecular weight excluding hydrogens is 377 g/mol. The molecule has 0 spiro atoms. The van der Waals surface area contributed by atoms with Gasteiger partial charge in [-0.1, -0.05) is 35.9 Å². The number of nitrogens with one attached hydrogen (secondary N) is 1. The number of hydrogen-bond acceptors (Lipinski definition) is 3. The average molecular weight is 399 g/mol. The van der Waals surface area contributed by atoms with E-state index in [9.17, 15) is 13.2 Å². The van der Waals surface area contributed by atoms with Crippen molar-refractivity contribution in [1.82, 2.24) is 10.2 Å². The fraction of sp³-hybridized carbons (Fsp3) is 0.400. The number of para-hydroxylation sites is 1. The third kappa shape index (κ3) is 4.57. The summed E-state index contributed by atoms with van der Waals surface area (Å²) in [6, 6.07) is 11.4. The van der Waals surface area contributed by atoms with Crippen molar-refractivity contribution < 1.29 is 17.9 Å². The molecule has 0 radical (unpaired) electrons. The Bertz CT molecular complexity index is 776. The molecular formula is C20H22ClF3N2O. The summed E-state index contributed by atoms with van der Waals surface area (Å²) in [5.74, 6) is 0.687. The number of nitrogens with zero attached hydrogens (tertiary/aromatic N) is 1. The number of rotatable bonds is 5. The first-order valence-electron chi connectivity index (χ1n) is 8.95. The van der Waals surface area contributed by atoms with E-state index >= 15 is 0 Å². The van der Waals surface area contributed by atoms with Gasteiger partial charge in [0.05, 0.1) is 23.2 Å². The quantitative estimate of drug-likeness (QED) is 0.786. The van der Waals surface area contributed by atoms with Crippen molar-refractivity contribution in [1.29, 1.82) is 0 Å². The van der Waals surface area contributed by atoms with Gasteiger partial charge in [-0.05, 0) is 30.7 Å². The first-order valence-corrected chi connectivity index (χ1v) is 9.32. The summed E-state index contributed by atoms with van der Waals surface area (Å²) in [5, 5.41) is 2.99. The van der Waals surface area contributed by atoms with E-state index in [4.69, 9.17) is 16.3 Å². The van der Waals surface area contributed by atoms with E-state index in [1.54, 1.807) is 6.07 Å². The Balaban J connectivity index is 2.11. The zero-order valence-corrected chi connectivity index (χ0v) is 15.8. The third-order valence-corrected chi connectivity index (χ3v) is 4.97. The fourth-order valence-corrected chi connectivity index (χ4v) is 3.68. The topological polar surface area (TPSA) is 24.5 Å². The van der Waals surface area contributed by atoms with Crippen LogP contribution in [0.5, 0.6) is 5.75 Å². The molecule has 1 atom stereocenters. The highest BCUT2D eigenvalue weighted by atomic mass is 35.5. The summed E-state index contributed by atoms with van der Waals surface area (Å²) in [6.45, 7) is 5.41. The normalized spacial score (nSPS) is 16.9. The zero-order valence-electron chi connectivity index (χ0n) is 15.0. The van der Waals surface area contributed by atoms with Crippen molar-refractivity contribution in [3.8, 4) is 5.75 Å². The third-order valence-electron chi connectivity index (χ3n) is 4.64. The number of halogens is 4. The van der Waals surface area contributed by atoms with Crippen LogP contribution in [0.15, 0.2) is 42.5 Å². The smallest absolute Gasteiger partial charge is 0.417 e. The Kier molecular flexibility index (Phi) is 6.29. The van der Waals surface area contributed by atoms with Gasteiger partial charge in [0.2, 0.25) is 0 Å². The van der Waals surface area contributed by atoms with Crippen LogP contribution in [0.4, 0.5) is 13.2 Å². The van der Waals surface area contributed by atoms with Gasteiger partial charge in [-0.3, -0.25) is 4.90 Å². The molecule has 1 N–H and O–H groups in total. The molecule has 146 valence electrons. The lowest BCUT2D eigenvalue weighted by atomic mass is 9.94. The van der Waals surface area contributed by atoms with E-state index < -0.39 is 11.7 Å². The van der Waals surface area contributed by atoms with E-state index in [-0.39, 0.29) is 11.1 Å². The van der Waals surface area contributed by atoms with Gasteiger partial charge >= 0.3 is 6.18 Å². The van der Waals surface area contributed by atoms with Gasteiger partial charge in [-0.15, -0.1) is 0 Å². The van der Waals surface area contributed by atoms with Crippen molar-refractivity contribution in [3.63, 3.8) is 0 Å². The lowest BCUT2D eigenvalue weighted by Gasteiger charge is -2.36. The van der Waals surface area contributed by atoms with Crippen LogP contribution in [0.1, 0.15) is 29.7 Å². The van der Waals surface area contributed by atoms with Gasteiger partial charge < -0.3 is 10.1 Å². The van der Waals surface area contributed by atoms with Crippen molar-refractivity contribution >= 4 is 11.6 Å². The van der Waals surface area contributed by atoms with Gasteiger partial charge in [0.15, 0.2) is 0 Å². The summed E-state index contributed by atoms with van der Waals surface area (Å²) in [5.41, 5.74) is 0.605. The van der Waals surface area contributed by atoms with Crippen LogP contribution >= 0.6 is 11.6 Å². The van der Waals surface area contributed by atoms with Crippen LogP contribution in [-0.2, 0) is 6.18 Å². The molecule has 1 aliphatic heterocycles. The molecule has 0 amide bonds. The zero-order chi connectivity index (χ0) is 19.4. The van der Waals surface area contributed by atoms with Crippen LogP contribution in [-0.4, -0.2) is 37.7 Å². The van der Waals surface area contributed by atoms with Crippen LogP contribution in [0.3, 0.4) is 0 Å². The Morgan fingerprint density at radius 1 is 1.15 bits per heavy atom.